The number of benzene rings is 1. The van der Waals surface area contributed by atoms with Crippen molar-refractivity contribution in [3.8, 4) is 0 Å². The van der Waals surface area contributed by atoms with Gasteiger partial charge in [-0.3, -0.25) is 4.99 Å². The van der Waals surface area contributed by atoms with Crippen molar-refractivity contribution < 1.29 is 9.50 Å². The third-order valence-electron chi connectivity index (χ3n) is 1.68. The van der Waals surface area contributed by atoms with E-state index in [9.17, 15) is 9.50 Å². The molecule has 0 atom stereocenters. The maximum absolute atomic E-state index is 12.7. The number of hydrogen-bond donors (Lipinski definition) is 1. The van der Waals surface area contributed by atoms with Gasteiger partial charge >= 0.3 is 0 Å². The largest absolute Gasteiger partial charge is 0.508 e. The molecule has 1 aromatic carbocycles. The monoisotopic (exact) mass is 179 g/mol. The van der Waals surface area contributed by atoms with Crippen molar-refractivity contribution in [1.29, 1.82) is 0 Å². The highest BCUT2D eigenvalue weighted by molar-refractivity contribution is 5.70. The van der Waals surface area contributed by atoms with Gasteiger partial charge in [-0.05, 0) is 31.9 Å². The van der Waals surface area contributed by atoms with Gasteiger partial charge in [0, 0.05) is 11.6 Å². The summed E-state index contributed by atoms with van der Waals surface area (Å²) in [4.78, 5) is 3.61. The third kappa shape index (κ3) is 1.93. The molecule has 0 bridgehead atoms. The summed E-state index contributed by atoms with van der Waals surface area (Å²) < 4.78 is 12.7. The fourth-order valence-electron chi connectivity index (χ4n) is 1.01. The first kappa shape index (κ1) is 9.45. The molecule has 1 N–H and O–H groups in total. The van der Waals surface area contributed by atoms with Crippen molar-refractivity contribution >= 4 is 18.2 Å². The van der Waals surface area contributed by atoms with E-state index in [1.165, 1.54) is 24.3 Å². The molecule has 0 saturated carbocycles. The summed E-state index contributed by atoms with van der Waals surface area (Å²) in [5.41, 5.74) is 0.828. The van der Waals surface area contributed by atoms with Gasteiger partial charge in [0.1, 0.15) is 11.6 Å². The van der Waals surface area contributed by atoms with E-state index in [0.29, 0.717) is 11.3 Å². The van der Waals surface area contributed by atoms with Gasteiger partial charge < -0.3 is 5.11 Å². The van der Waals surface area contributed by atoms with Crippen molar-refractivity contribution in [3.63, 3.8) is 0 Å². The molecule has 3 heteroatoms. The average molecular weight is 179 g/mol. The molecule has 0 fully saturated rings. The Balaban J connectivity index is 3.29. The number of hydrogen-bond acceptors (Lipinski definition) is 2. The molecule has 0 aliphatic heterocycles. The Bertz CT molecular complexity index is 358. The van der Waals surface area contributed by atoms with Crippen LogP contribution in [0.15, 0.2) is 29.3 Å². The minimum absolute atomic E-state index is 0.0717. The Morgan fingerprint density at radius 1 is 1.62 bits per heavy atom. The zero-order valence-electron chi connectivity index (χ0n) is 7.29. The summed E-state index contributed by atoms with van der Waals surface area (Å²) in [7, 11) is 0. The van der Waals surface area contributed by atoms with Crippen LogP contribution in [-0.2, 0) is 0 Å². The van der Waals surface area contributed by atoms with Crippen LogP contribution in [0.2, 0.25) is 0 Å². The Kier molecular flexibility index (Phi) is 2.80. The number of aliphatic imine (C=N–C) groups is 1. The summed E-state index contributed by atoms with van der Waals surface area (Å²) in [5.74, 6) is -0.322. The quantitative estimate of drug-likeness (QED) is 0.549. The van der Waals surface area contributed by atoms with Gasteiger partial charge in [-0.15, -0.1) is 0 Å². The first-order chi connectivity index (χ1) is 6.19. The van der Waals surface area contributed by atoms with E-state index in [4.69, 9.17) is 0 Å². The molecule has 0 aliphatic carbocycles. The maximum atomic E-state index is 12.7. The molecule has 0 spiro atoms. The molecule has 0 saturated heterocycles. The minimum Gasteiger partial charge on any atom is -0.508 e. The van der Waals surface area contributed by atoms with Gasteiger partial charge in [-0.2, -0.15) is 0 Å². The van der Waals surface area contributed by atoms with Crippen LogP contribution in [0, 0.1) is 5.82 Å². The van der Waals surface area contributed by atoms with E-state index in [1.807, 2.05) is 0 Å². The van der Waals surface area contributed by atoms with Crippen molar-refractivity contribution in [2.75, 3.05) is 0 Å². The van der Waals surface area contributed by atoms with Gasteiger partial charge in [0.15, 0.2) is 0 Å². The molecule has 0 amide bonds. The molecular formula is C10H10FNO. The Labute approximate surface area is 76.1 Å². The number of rotatable bonds is 2. The highest BCUT2D eigenvalue weighted by Gasteiger charge is 2.05. The van der Waals surface area contributed by atoms with Crippen LogP contribution in [0.25, 0.3) is 5.76 Å². The SMILES string of the molecule is C=Nc1cc(F)ccc1/C(O)=C\C. The van der Waals surface area contributed by atoms with Crippen LogP contribution in [0.1, 0.15) is 12.5 Å². The zero-order valence-corrected chi connectivity index (χ0v) is 7.29. The van der Waals surface area contributed by atoms with E-state index in [2.05, 4.69) is 11.7 Å². The summed E-state index contributed by atoms with van der Waals surface area (Å²) in [6.07, 6.45) is 1.52. The molecule has 0 unspecified atom stereocenters. The smallest absolute Gasteiger partial charge is 0.125 e. The fourth-order valence-corrected chi connectivity index (χ4v) is 1.01. The summed E-state index contributed by atoms with van der Waals surface area (Å²) in [6, 6.07) is 3.96. The molecule has 0 radical (unpaired) electrons. The summed E-state index contributed by atoms with van der Waals surface area (Å²) >= 11 is 0. The lowest BCUT2D eigenvalue weighted by atomic mass is 10.1. The van der Waals surface area contributed by atoms with Crippen molar-refractivity contribution in [2.45, 2.75) is 6.92 Å². The second-order valence-electron chi connectivity index (χ2n) is 2.49. The number of aliphatic hydroxyl groups is 1. The normalized spacial score (nSPS) is 11.4. The molecule has 0 heterocycles. The lowest BCUT2D eigenvalue weighted by molar-refractivity contribution is 0.511. The first-order valence-electron chi connectivity index (χ1n) is 3.81. The molecule has 1 aromatic rings. The number of halogens is 1. The summed E-state index contributed by atoms with van der Waals surface area (Å²) in [5, 5.41) is 9.38. The van der Waals surface area contributed by atoms with Gasteiger partial charge in [-0.25, -0.2) is 4.39 Å². The van der Waals surface area contributed by atoms with Crippen molar-refractivity contribution in [3.05, 3.63) is 35.7 Å². The van der Waals surface area contributed by atoms with E-state index in [0.717, 1.165) is 0 Å². The van der Waals surface area contributed by atoms with Crippen LogP contribution in [0.4, 0.5) is 10.1 Å². The predicted octanol–water partition coefficient (Wildman–Crippen LogP) is 3.08. The van der Waals surface area contributed by atoms with Crippen LogP contribution in [-0.4, -0.2) is 11.8 Å². The van der Waals surface area contributed by atoms with E-state index >= 15 is 0 Å². The van der Waals surface area contributed by atoms with Gasteiger partial charge in [-0.1, -0.05) is 0 Å². The van der Waals surface area contributed by atoms with Crippen LogP contribution >= 0.6 is 0 Å². The molecule has 0 aromatic heterocycles. The summed E-state index contributed by atoms with van der Waals surface area (Å²) in [6.45, 7) is 4.98. The number of aliphatic hydroxyl groups excluding tert-OH is 1. The third-order valence-corrected chi connectivity index (χ3v) is 1.68. The first-order valence-corrected chi connectivity index (χ1v) is 3.81. The second kappa shape index (κ2) is 3.85. The van der Waals surface area contributed by atoms with Gasteiger partial charge in [0.2, 0.25) is 0 Å². The number of allylic oxidation sites excluding steroid dienone is 1. The second-order valence-corrected chi connectivity index (χ2v) is 2.49. The van der Waals surface area contributed by atoms with Crippen molar-refractivity contribution in [2.24, 2.45) is 4.99 Å². The Morgan fingerprint density at radius 3 is 2.85 bits per heavy atom. The zero-order chi connectivity index (χ0) is 9.84. The molecule has 1 rings (SSSR count). The standard InChI is InChI=1S/C10H10FNO/c1-3-10(13)8-5-4-7(11)6-9(8)12-2/h3-6,13H,2H2,1H3/b10-3+. The number of nitrogens with zero attached hydrogens (tertiary/aromatic N) is 1. The van der Waals surface area contributed by atoms with E-state index in [1.54, 1.807) is 6.92 Å². The minimum atomic E-state index is -0.393. The predicted molar refractivity (Wildman–Crippen MR) is 51.9 cm³/mol. The highest BCUT2D eigenvalue weighted by atomic mass is 19.1. The molecule has 68 valence electrons. The Hall–Kier alpha value is -1.64. The lowest BCUT2D eigenvalue weighted by Crippen LogP contribution is -1.84. The van der Waals surface area contributed by atoms with Gasteiger partial charge in [0.05, 0.1) is 5.69 Å². The average Bonchev–Trinajstić information content (AvgIpc) is 2.16. The maximum Gasteiger partial charge on any atom is 0.125 e. The topological polar surface area (TPSA) is 32.6 Å². The van der Waals surface area contributed by atoms with Crippen LogP contribution < -0.4 is 0 Å². The van der Waals surface area contributed by atoms with Crippen LogP contribution in [0.3, 0.4) is 0 Å². The fraction of sp³-hybridized carbons (Fsp3) is 0.100. The van der Waals surface area contributed by atoms with Crippen molar-refractivity contribution in [1.82, 2.24) is 0 Å². The molecule has 13 heavy (non-hydrogen) atoms. The molecule has 2 nitrogen and oxygen atoms in total. The van der Waals surface area contributed by atoms with Gasteiger partial charge in [0.25, 0.3) is 0 Å². The lowest BCUT2D eigenvalue weighted by Gasteiger charge is -2.03. The van der Waals surface area contributed by atoms with Crippen LogP contribution in [0.5, 0.6) is 0 Å². The molecule has 0 aliphatic rings. The molecular weight excluding hydrogens is 169 g/mol. The van der Waals surface area contributed by atoms with E-state index < -0.39 is 5.82 Å². The highest BCUT2D eigenvalue weighted by Crippen LogP contribution is 2.25. The van der Waals surface area contributed by atoms with E-state index in [-0.39, 0.29) is 5.76 Å². The Morgan fingerprint density at radius 2 is 2.31 bits per heavy atom.